The Labute approximate surface area is 293 Å². The second-order valence-electron chi connectivity index (χ2n) is 11.4. The zero-order chi connectivity index (χ0) is 33.8. The molecule has 0 amide bonds. The van der Waals surface area contributed by atoms with Gasteiger partial charge in [0.15, 0.2) is 37.9 Å². The van der Waals surface area contributed by atoms with Crippen LogP contribution in [0.1, 0.15) is 22.3 Å². The number of nitrogens with zero attached hydrogens (tertiary/aromatic N) is 4. The molecule has 8 nitrogen and oxygen atoms in total. The van der Waals surface area contributed by atoms with Gasteiger partial charge in [0.2, 0.25) is 0 Å². The highest BCUT2D eigenvalue weighted by molar-refractivity contribution is 8.76. The first-order chi connectivity index (χ1) is 23.6. The van der Waals surface area contributed by atoms with E-state index in [1.165, 1.54) is 11.1 Å². The van der Waals surface area contributed by atoms with Gasteiger partial charge in [-0.1, -0.05) is 58.0 Å². The molecule has 0 aliphatic heterocycles. The summed E-state index contributed by atoms with van der Waals surface area (Å²) in [5.41, 5.74) is 6.89. The lowest BCUT2D eigenvalue weighted by Crippen LogP contribution is -2.34. The van der Waals surface area contributed by atoms with Crippen LogP contribution in [0.15, 0.2) is 97.6 Å². The fourth-order valence-electron chi connectivity index (χ4n) is 5.31. The standard InChI is InChI=1S/C38H50N4O4S2/c43-27-21-41(22-28-44)37-9-5-33(6-10-37)1-3-35-13-17-39(18-14-35)25-31-47-48-32-26-40-19-15-36(16-20-40)4-2-34-7-11-38(12-8-34)42(23-29-45)24-30-46/h1,3,5-20,43-46H,2,4,21-32H2/q+2. The Morgan fingerprint density at radius 3 is 1.29 bits per heavy atom. The molecule has 0 saturated carbocycles. The van der Waals surface area contributed by atoms with Crippen molar-refractivity contribution in [2.24, 2.45) is 0 Å². The fourth-order valence-corrected chi connectivity index (χ4v) is 7.27. The Morgan fingerprint density at radius 1 is 0.479 bits per heavy atom. The molecule has 4 rings (SSSR count). The van der Waals surface area contributed by atoms with Crippen LogP contribution < -0.4 is 18.9 Å². The molecule has 48 heavy (non-hydrogen) atoms. The third-order valence-corrected chi connectivity index (χ3v) is 10.4. The highest BCUT2D eigenvalue weighted by atomic mass is 33.1. The van der Waals surface area contributed by atoms with Gasteiger partial charge in [0.25, 0.3) is 0 Å². The summed E-state index contributed by atoms with van der Waals surface area (Å²) in [6, 6.07) is 25.3. The van der Waals surface area contributed by atoms with Crippen molar-refractivity contribution in [3.05, 3.63) is 120 Å². The summed E-state index contributed by atoms with van der Waals surface area (Å²) in [6.07, 6.45) is 14.8. The minimum atomic E-state index is 0.0588. The van der Waals surface area contributed by atoms with E-state index in [1.807, 2.05) is 43.5 Å². The van der Waals surface area contributed by atoms with Gasteiger partial charge in [-0.05, 0) is 59.4 Å². The lowest BCUT2D eigenvalue weighted by molar-refractivity contribution is -0.692. The number of hydrogen-bond acceptors (Lipinski definition) is 8. The topological polar surface area (TPSA) is 95.2 Å². The van der Waals surface area contributed by atoms with Crippen LogP contribution in [0, 0.1) is 0 Å². The molecule has 2 heterocycles. The molecule has 10 heteroatoms. The van der Waals surface area contributed by atoms with Crippen LogP contribution in [0.25, 0.3) is 12.2 Å². The molecule has 0 aliphatic rings. The highest BCUT2D eigenvalue weighted by Gasteiger charge is 2.08. The molecule has 4 aromatic rings. The van der Waals surface area contributed by atoms with Crippen molar-refractivity contribution in [2.75, 3.05) is 73.9 Å². The zero-order valence-corrected chi connectivity index (χ0v) is 29.3. The number of benzene rings is 2. The third-order valence-electron chi connectivity index (χ3n) is 8.04. The molecular weight excluding hydrogens is 641 g/mol. The van der Waals surface area contributed by atoms with E-state index in [4.69, 9.17) is 0 Å². The average molecular weight is 691 g/mol. The van der Waals surface area contributed by atoms with Crippen molar-refractivity contribution in [1.29, 1.82) is 0 Å². The quantitative estimate of drug-likeness (QED) is 0.0562. The molecule has 0 fully saturated rings. The smallest absolute Gasteiger partial charge is 0.169 e. The summed E-state index contributed by atoms with van der Waals surface area (Å²) >= 11 is 0. The normalized spacial score (nSPS) is 11.3. The first-order valence-electron chi connectivity index (χ1n) is 16.6. The van der Waals surface area contributed by atoms with E-state index in [2.05, 4.69) is 107 Å². The van der Waals surface area contributed by atoms with E-state index in [1.54, 1.807) is 0 Å². The average Bonchev–Trinajstić information content (AvgIpc) is 3.12. The van der Waals surface area contributed by atoms with Gasteiger partial charge in [0, 0.05) is 61.8 Å². The van der Waals surface area contributed by atoms with Gasteiger partial charge in [0.1, 0.15) is 0 Å². The number of hydrogen-bond donors (Lipinski definition) is 4. The Morgan fingerprint density at radius 2 is 0.854 bits per heavy atom. The molecule has 0 unspecified atom stereocenters. The SMILES string of the molecule is OCCN(CCO)c1ccc(/C=C/c2cc[n+](CCSSCC[n+]3ccc(CCc4ccc(N(CCO)CCO)cc4)cc3)cc2)cc1. The fraction of sp³-hybridized carbons (Fsp3) is 0.368. The summed E-state index contributed by atoms with van der Waals surface area (Å²) in [4.78, 5) is 3.97. The molecule has 0 aliphatic carbocycles. The Balaban J connectivity index is 1.10. The minimum absolute atomic E-state index is 0.0588. The van der Waals surface area contributed by atoms with E-state index >= 15 is 0 Å². The number of aromatic nitrogens is 2. The van der Waals surface area contributed by atoms with Crippen molar-refractivity contribution in [3.8, 4) is 0 Å². The second kappa shape index (κ2) is 21.6. The number of aliphatic hydroxyl groups excluding tert-OH is 4. The van der Waals surface area contributed by atoms with E-state index < -0.39 is 0 Å². The molecule has 0 saturated heterocycles. The van der Waals surface area contributed by atoms with Crippen LogP contribution >= 0.6 is 21.6 Å². The van der Waals surface area contributed by atoms with Crippen molar-refractivity contribution in [2.45, 2.75) is 25.9 Å². The molecule has 256 valence electrons. The van der Waals surface area contributed by atoms with Gasteiger partial charge in [-0.2, -0.15) is 0 Å². The van der Waals surface area contributed by atoms with Crippen LogP contribution in [0.3, 0.4) is 0 Å². The van der Waals surface area contributed by atoms with Gasteiger partial charge in [-0.25, -0.2) is 9.13 Å². The number of pyridine rings is 2. The molecule has 0 radical (unpaired) electrons. The van der Waals surface area contributed by atoms with Crippen molar-refractivity contribution in [1.82, 2.24) is 0 Å². The van der Waals surface area contributed by atoms with Crippen LogP contribution in [0.5, 0.6) is 0 Å². The van der Waals surface area contributed by atoms with Crippen molar-refractivity contribution < 1.29 is 29.6 Å². The predicted molar refractivity (Wildman–Crippen MR) is 200 cm³/mol. The lowest BCUT2D eigenvalue weighted by Gasteiger charge is -2.23. The Bertz CT molecular complexity index is 1460. The summed E-state index contributed by atoms with van der Waals surface area (Å²) in [5.74, 6) is 2.10. The third kappa shape index (κ3) is 12.9. The van der Waals surface area contributed by atoms with Gasteiger partial charge >= 0.3 is 0 Å². The molecule has 0 atom stereocenters. The van der Waals surface area contributed by atoms with Crippen molar-refractivity contribution >= 4 is 45.1 Å². The molecular formula is C38H50N4O4S2+2. The summed E-state index contributed by atoms with van der Waals surface area (Å²) in [7, 11) is 3.83. The predicted octanol–water partition coefficient (Wildman–Crippen LogP) is 3.88. The highest BCUT2D eigenvalue weighted by Crippen LogP contribution is 2.21. The maximum absolute atomic E-state index is 9.27. The monoisotopic (exact) mass is 690 g/mol. The lowest BCUT2D eigenvalue weighted by atomic mass is 10.0. The van der Waals surface area contributed by atoms with Crippen LogP contribution in [-0.4, -0.2) is 84.5 Å². The molecule has 2 aromatic heterocycles. The minimum Gasteiger partial charge on any atom is -0.395 e. The number of aryl methyl sites for hydroxylation is 4. The van der Waals surface area contributed by atoms with E-state index in [0.717, 1.165) is 59.9 Å². The van der Waals surface area contributed by atoms with Gasteiger partial charge in [0.05, 0.1) is 37.9 Å². The van der Waals surface area contributed by atoms with Gasteiger partial charge in [-0.3, -0.25) is 0 Å². The van der Waals surface area contributed by atoms with Gasteiger partial charge < -0.3 is 30.2 Å². The number of anilines is 2. The van der Waals surface area contributed by atoms with E-state index in [9.17, 15) is 20.4 Å². The molecule has 0 bridgehead atoms. The summed E-state index contributed by atoms with van der Waals surface area (Å²) in [5, 5.41) is 37.0. The molecule has 0 spiro atoms. The van der Waals surface area contributed by atoms with Gasteiger partial charge in [-0.15, -0.1) is 0 Å². The number of aliphatic hydroxyl groups is 4. The first-order valence-corrected chi connectivity index (χ1v) is 19.1. The molecule has 2 aromatic carbocycles. The molecule has 4 N–H and O–H groups in total. The van der Waals surface area contributed by atoms with Crippen molar-refractivity contribution in [3.63, 3.8) is 0 Å². The second-order valence-corrected chi connectivity index (χ2v) is 14.1. The summed E-state index contributed by atoms with van der Waals surface area (Å²) < 4.78 is 4.48. The van der Waals surface area contributed by atoms with Crippen LogP contribution in [-0.2, 0) is 25.9 Å². The first kappa shape index (κ1) is 37.4. The largest absolute Gasteiger partial charge is 0.395 e. The van der Waals surface area contributed by atoms with E-state index in [0.29, 0.717) is 26.2 Å². The number of rotatable bonds is 22. The Hall–Kier alpha value is -3.38. The van der Waals surface area contributed by atoms with E-state index in [-0.39, 0.29) is 26.4 Å². The Kier molecular flexibility index (Phi) is 16.8. The zero-order valence-electron chi connectivity index (χ0n) is 27.7. The van der Waals surface area contributed by atoms with Crippen LogP contribution in [0.4, 0.5) is 11.4 Å². The maximum atomic E-state index is 9.27. The maximum Gasteiger partial charge on any atom is 0.169 e. The van der Waals surface area contributed by atoms with Crippen LogP contribution in [0.2, 0.25) is 0 Å². The summed E-state index contributed by atoms with van der Waals surface area (Å²) in [6.45, 7) is 4.27.